The maximum Gasteiger partial charge on any atom is 0.128 e. The topological polar surface area (TPSA) is 0 Å². The molecule has 0 radical (unpaired) electrons. The third-order valence-corrected chi connectivity index (χ3v) is 4.04. The van der Waals surface area contributed by atoms with Gasteiger partial charge in [0.2, 0.25) is 0 Å². The monoisotopic (exact) mass is 226 g/mol. The van der Waals surface area contributed by atoms with Crippen molar-refractivity contribution < 1.29 is 4.48 Å². The van der Waals surface area contributed by atoms with E-state index in [1.54, 1.807) is 0 Å². The lowest BCUT2D eigenvalue weighted by Gasteiger charge is -2.10. The Hall–Kier alpha value is -0.0400. The van der Waals surface area contributed by atoms with Gasteiger partial charge in [0, 0.05) is 0 Å². The lowest BCUT2D eigenvalue weighted by molar-refractivity contribution is -0.777. The van der Waals surface area contributed by atoms with Gasteiger partial charge in [0.05, 0.1) is 13.6 Å². The number of nitrogens with zero attached hydrogens (tertiary/aromatic N) is 1. The summed E-state index contributed by atoms with van der Waals surface area (Å²) in [5, 5.41) is 0. The number of unbranched alkanes of at least 4 members (excludes halogenated alkanes) is 9. The summed E-state index contributed by atoms with van der Waals surface area (Å²) in [6.07, 6.45) is 14.6. The molecule has 0 aromatic rings. The molecular formula is C15H32N+. The summed E-state index contributed by atoms with van der Waals surface area (Å²) in [6, 6.07) is 0. The molecule has 1 saturated heterocycles. The molecule has 1 aliphatic rings. The minimum absolute atomic E-state index is 1.37. The van der Waals surface area contributed by atoms with Gasteiger partial charge in [-0.25, -0.2) is 0 Å². The van der Waals surface area contributed by atoms with E-state index in [-0.39, 0.29) is 0 Å². The van der Waals surface area contributed by atoms with E-state index < -0.39 is 0 Å². The Labute approximate surface area is 103 Å². The zero-order valence-corrected chi connectivity index (χ0v) is 11.6. The first-order valence-corrected chi connectivity index (χ1v) is 7.60. The average Bonchev–Trinajstić information content (AvgIpc) is 3.00. The Balaban J connectivity index is 1.68. The summed E-state index contributed by atoms with van der Waals surface area (Å²) in [5.74, 6) is 0. The number of hydrogen-bond acceptors (Lipinski definition) is 0. The third-order valence-electron chi connectivity index (χ3n) is 4.04. The molecule has 0 aliphatic carbocycles. The van der Waals surface area contributed by atoms with Crippen LogP contribution >= 0.6 is 0 Å². The molecule has 0 atom stereocenters. The van der Waals surface area contributed by atoms with E-state index in [4.69, 9.17) is 0 Å². The van der Waals surface area contributed by atoms with Gasteiger partial charge in [0.25, 0.3) is 0 Å². The first kappa shape index (κ1) is 14.0. The number of quaternary nitrogens is 1. The maximum absolute atomic E-state index is 2.40. The molecule has 0 N–H and O–H groups in total. The molecule has 0 saturated carbocycles. The van der Waals surface area contributed by atoms with Gasteiger partial charge in [-0.05, 0) is 12.8 Å². The third kappa shape index (κ3) is 7.27. The van der Waals surface area contributed by atoms with Crippen LogP contribution in [0.2, 0.25) is 0 Å². The van der Waals surface area contributed by atoms with Crippen molar-refractivity contribution >= 4 is 0 Å². The summed E-state index contributed by atoms with van der Waals surface area (Å²) in [4.78, 5) is 0. The SMILES string of the molecule is CCCCCCCCCCCC[N+]1(C)CC1. The van der Waals surface area contributed by atoms with Crippen molar-refractivity contribution in [3.8, 4) is 0 Å². The van der Waals surface area contributed by atoms with Crippen molar-refractivity contribution in [3.63, 3.8) is 0 Å². The number of rotatable bonds is 11. The summed E-state index contributed by atoms with van der Waals surface area (Å²) < 4.78 is 1.37. The Morgan fingerprint density at radius 1 is 0.688 bits per heavy atom. The van der Waals surface area contributed by atoms with Crippen LogP contribution < -0.4 is 0 Å². The average molecular weight is 226 g/mol. The molecule has 0 amide bonds. The second-order valence-electron chi connectivity index (χ2n) is 5.97. The molecule has 0 unspecified atom stereocenters. The van der Waals surface area contributed by atoms with Gasteiger partial charge in [-0.15, -0.1) is 0 Å². The van der Waals surface area contributed by atoms with Gasteiger partial charge in [-0.2, -0.15) is 0 Å². The quantitative estimate of drug-likeness (QED) is 0.279. The molecule has 1 fully saturated rings. The van der Waals surface area contributed by atoms with Crippen LogP contribution in [0.5, 0.6) is 0 Å². The van der Waals surface area contributed by atoms with Crippen LogP contribution in [0, 0.1) is 0 Å². The van der Waals surface area contributed by atoms with Crippen LogP contribution in [0.4, 0.5) is 0 Å². The van der Waals surface area contributed by atoms with E-state index in [1.807, 2.05) is 0 Å². The van der Waals surface area contributed by atoms with Crippen molar-refractivity contribution in [2.75, 3.05) is 26.7 Å². The minimum Gasteiger partial charge on any atom is -0.317 e. The largest absolute Gasteiger partial charge is 0.317 e. The molecule has 0 aromatic carbocycles. The highest BCUT2D eigenvalue weighted by Crippen LogP contribution is 2.18. The Morgan fingerprint density at radius 2 is 1.12 bits per heavy atom. The van der Waals surface area contributed by atoms with Crippen LogP contribution in [0.15, 0.2) is 0 Å². The van der Waals surface area contributed by atoms with Gasteiger partial charge in [-0.3, -0.25) is 0 Å². The van der Waals surface area contributed by atoms with Gasteiger partial charge in [0.1, 0.15) is 13.1 Å². The molecule has 1 aliphatic heterocycles. The highest BCUT2D eigenvalue weighted by molar-refractivity contribution is 4.53. The van der Waals surface area contributed by atoms with Crippen molar-refractivity contribution in [1.29, 1.82) is 0 Å². The summed E-state index contributed by atoms with van der Waals surface area (Å²) >= 11 is 0. The molecule has 0 aromatic heterocycles. The first-order chi connectivity index (χ1) is 7.77. The van der Waals surface area contributed by atoms with Crippen molar-refractivity contribution in [1.82, 2.24) is 0 Å². The van der Waals surface area contributed by atoms with Crippen LogP contribution in [-0.2, 0) is 0 Å². The molecule has 0 bridgehead atoms. The molecular weight excluding hydrogens is 194 g/mol. The van der Waals surface area contributed by atoms with Crippen molar-refractivity contribution in [3.05, 3.63) is 0 Å². The first-order valence-electron chi connectivity index (χ1n) is 7.60. The van der Waals surface area contributed by atoms with Crippen LogP contribution in [0.3, 0.4) is 0 Å². The summed E-state index contributed by atoms with van der Waals surface area (Å²) in [6.45, 7) is 6.62. The molecule has 16 heavy (non-hydrogen) atoms. The molecule has 1 nitrogen and oxygen atoms in total. The number of hydrogen-bond donors (Lipinski definition) is 0. The molecule has 1 heteroatoms. The second kappa shape index (κ2) is 8.11. The predicted octanol–water partition coefficient (Wildman–Crippen LogP) is 4.37. The normalized spacial score (nSPS) is 17.6. The lowest BCUT2D eigenvalue weighted by Crippen LogP contribution is -2.20. The summed E-state index contributed by atoms with van der Waals surface area (Å²) in [5.41, 5.74) is 0. The standard InChI is InChI=1S/C15H32N/c1-3-4-5-6-7-8-9-10-11-12-13-16(2)14-15-16/h3-15H2,1-2H3/q+1. The fourth-order valence-electron chi connectivity index (χ4n) is 2.38. The zero-order chi connectivity index (χ0) is 11.7. The second-order valence-corrected chi connectivity index (χ2v) is 5.97. The van der Waals surface area contributed by atoms with E-state index >= 15 is 0 Å². The van der Waals surface area contributed by atoms with E-state index in [2.05, 4.69) is 14.0 Å². The smallest absolute Gasteiger partial charge is 0.128 e. The van der Waals surface area contributed by atoms with E-state index in [0.717, 1.165) is 0 Å². The van der Waals surface area contributed by atoms with E-state index in [1.165, 1.54) is 88.3 Å². The van der Waals surface area contributed by atoms with Crippen LogP contribution in [-0.4, -0.2) is 31.2 Å². The van der Waals surface area contributed by atoms with Gasteiger partial charge in [0.15, 0.2) is 0 Å². The highest BCUT2D eigenvalue weighted by atomic mass is 15.4. The minimum atomic E-state index is 1.37. The van der Waals surface area contributed by atoms with E-state index in [0.29, 0.717) is 0 Å². The van der Waals surface area contributed by atoms with Crippen LogP contribution in [0.25, 0.3) is 0 Å². The fourth-order valence-corrected chi connectivity index (χ4v) is 2.38. The fraction of sp³-hybridized carbons (Fsp3) is 1.00. The molecule has 1 rings (SSSR count). The maximum atomic E-state index is 2.40. The van der Waals surface area contributed by atoms with Crippen LogP contribution in [0.1, 0.15) is 71.1 Å². The van der Waals surface area contributed by atoms with Gasteiger partial charge in [-0.1, -0.05) is 58.3 Å². The van der Waals surface area contributed by atoms with E-state index in [9.17, 15) is 0 Å². The van der Waals surface area contributed by atoms with Crippen molar-refractivity contribution in [2.45, 2.75) is 71.1 Å². The van der Waals surface area contributed by atoms with Gasteiger partial charge < -0.3 is 4.48 Å². The highest BCUT2D eigenvalue weighted by Gasteiger charge is 2.35. The Bertz CT molecular complexity index is 161. The molecule has 0 spiro atoms. The van der Waals surface area contributed by atoms with Gasteiger partial charge >= 0.3 is 0 Å². The summed E-state index contributed by atoms with van der Waals surface area (Å²) in [7, 11) is 2.40. The zero-order valence-electron chi connectivity index (χ0n) is 11.6. The molecule has 96 valence electrons. The van der Waals surface area contributed by atoms with Crippen molar-refractivity contribution in [2.24, 2.45) is 0 Å². The predicted molar refractivity (Wildman–Crippen MR) is 72.6 cm³/mol. The Kier molecular flexibility index (Phi) is 7.11. The Morgan fingerprint density at radius 3 is 1.56 bits per heavy atom. The molecule has 1 heterocycles. The number of likely N-dealkylation sites (N-methyl/N-ethyl adjacent to an activating group) is 1. The lowest BCUT2D eigenvalue weighted by atomic mass is 10.1.